The minimum Gasteiger partial charge on any atom is -0.466 e. The Hall–Kier alpha value is -0.870. The molecule has 0 bridgehead atoms. The Kier molecular flexibility index (Phi) is 6.98. The molecule has 1 fully saturated rings. The molecule has 1 aliphatic rings. The van der Waals surface area contributed by atoms with Crippen LogP contribution >= 0.6 is 0 Å². The fourth-order valence-electron chi connectivity index (χ4n) is 2.25. The summed E-state index contributed by atoms with van der Waals surface area (Å²) >= 11 is 0. The first kappa shape index (κ1) is 15.2. The van der Waals surface area contributed by atoms with Gasteiger partial charge in [0.15, 0.2) is 0 Å². The van der Waals surface area contributed by atoms with E-state index in [1.807, 2.05) is 13.0 Å². The van der Waals surface area contributed by atoms with Gasteiger partial charge in [0.1, 0.15) is 0 Å². The van der Waals surface area contributed by atoms with Crippen molar-refractivity contribution in [1.82, 2.24) is 9.80 Å². The average Bonchev–Trinajstić information content (AvgIpc) is 2.41. The average molecular weight is 254 g/mol. The van der Waals surface area contributed by atoms with Crippen molar-refractivity contribution in [3.8, 4) is 0 Å². The lowest BCUT2D eigenvalue weighted by atomic mass is 10.2. The summed E-state index contributed by atoms with van der Waals surface area (Å²) in [4.78, 5) is 16.3. The van der Waals surface area contributed by atoms with E-state index in [-0.39, 0.29) is 5.97 Å². The van der Waals surface area contributed by atoms with E-state index in [1.54, 1.807) is 0 Å². The number of carbonyl (C=O) groups excluding carboxylic acids is 1. The summed E-state index contributed by atoms with van der Waals surface area (Å²) in [6, 6.07) is 0. The summed E-state index contributed by atoms with van der Waals surface area (Å²) in [7, 11) is 1.44. The van der Waals surface area contributed by atoms with Gasteiger partial charge in [0, 0.05) is 38.3 Å². The molecule has 0 aromatic heterocycles. The molecule has 0 radical (unpaired) electrons. The molecule has 4 heteroatoms. The van der Waals surface area contributed by atoms with Gasteiger partial charge in [-0.3, -0.25) is 4.90 Å². The van der Waals surface area contributed by atoms with Crippen LogP contribution in [0.5, 0.6) is 0 Å². The van der Waals surface area contributed by atoms with Gasteiger partial charge in [0.2, 0.25) is 0 Å². The van der Waals surface area contributed by atoms with E-state index in [4.69, 9.17) is 4.74 Å². The molecule has 1 aliphatic heterocycles. The van der Waals surface area contributed by atoms with Gasteiger partial charge in [-0.05, 0) is 19.4 Å². The number of hydrogen-bond acceptors (Lipinski definition) is 4. The fraction of sp³-hybridized carbons (Fsp3) is 0.786. The smallest absolute Gasteiger partial charge is 0.333 e. The molecule has 1 saturated heterocycles. The standard InChI is InChI=1S/C14H26N2O2/c1-4-7-15-9-11-16(12-10-15)8-6-13(5-2)14(17)18-3/h6H,4-5,7-12H2,1-3H3/b13-6-. The first-order chi connectivity index (χ1) is 8.71. The van der Waals surface area contributed by atoms with Crippen molar-refractivity contribution in [2.75, 3.05) is 46.4 Å². The van der Waals surface area contributed by atoms with Crippen LogP contribution in [-0.2, 0) is 9.53 Å². The first-order valence-corrected chi connectivity index (χ1v) is 6.93. The molecule has 0 amide bonds. The molecule has 0 aromatic rings. The molecule has 0 saturated carbocycles. The summed E-state index contributed by atoms with van der Waals surface area (Å²) in [5.74, 6) is -0.192. The number of nitrogens with zero attached hydrogens (tertiary/aromatic N) is 2. The van der Waals surface area contributed by atoms with Gasteiger partial charge in [-0.25, -0.2) is 4.79 Å². The molecule has 0 atom stereocenters. The molecular weight excluding hydrogens is 228 g/mol. The predicted octanol–water partition coefficient (Wildman–Crippen LogP) is 1.52. The maximum absolute atomic E-state index is 11.4. The van der Waals surface area contributed by atoms with Crippen molar-refractivity contribution in [2.24, 2.45) is 0 Å². The highest BCUT2D eigenvalue weighted by atomic mass is 16.5. The lowest BCUT2D eigenvalue weighted by Crippen LogP contribution is -2.46. The minimum absolute atomic E-state index is 0.192. The zero-order chi connectivity index (χ0) is 13.4. The monoisotopic (exact) mass is 254 g/mol. The van der Waals surface area contributed by atoms with E-state index in [1.165, 1.54) is 20.1 Å². The van der Waals surface area contributed by atoms with Crippen molar-refractivity contribution >= 4 is 5.97 Å². The maximum Gasteiger partial charge on any atom is 0.333 e. The summed E-state index contributed by atoms with van der Waals surface area (Å²) in [6.07, 6.45) is 3.98. The van der Waals surface area contributed by atoms with Gasteiger partial charge >= 0.3 is 5.97 Å². The third kappa shape index (κ3) is 4.78. The molecule has 104 valence electrons. The third-order valence-electron chi connectivity index (χ3n) is 3.43. The highest BCUT2D eigenvalue weighted by Crippen LogP contribution is 2.06. The number of piperazine rings is 1. The van der Waals surface area contributed by atoms with E-state index in [0.29, 0.717) is 0 Å². The summed E-state index contributed by atoms with van der Waals surface area (Å²) in [6.45, 7) is 10.7. The van der Waals surface area contributed by atoms with Crippen LogP contribution in [0.4, 0.5) is 0 Å². The van der Waals surface area contributed by atoms with Crippen molar-refractivity contribution < 1.29 is 9.53 Å². The number of rotatable bonds is 6. The van der Waals surface area contributed by atoms with Gasteiger partial charge in [0.05, 0.1) is 7.11 Å². The quantitative estimate of drug-likeness (QED) is 0.531. The van der Waals surface area contributed by atoms with Crippen molar-refractivity contribution in [3.05, 3.63) is 11.6 Å². The molecular formula is C14H26N2O2. The van der Waals surface area contributed by atoms with Gasteiger partial charge in [-0.1, -0.05) is 19.9 Å². The molecule has 0 aromatic carbocycles. The van der Waals surface area contributed by atoms with Crippen LogP contribution in [-0.4, -0.2) is 62.1 Å². The molecule has 1 rings (SSSR count). The largest absolute Gasteiger partial charge is 0.466 e. The summed E-state index contributed by atoms with van der Waals surface area (Å²) in [5.41, 5.74) is 0.786. The summed E-state index contributed by atoms with van der Waals surface area (Å²) in [5, 5.41) is 0. The fourth-order valence-corrected chi connectivity index (χ4v) is 2.25. The molecule has 0 N–H and O–H groups in total. The second kappa shape index (κ2) is 8.27. The van der Waals surface area contributed by atoms with Crippen LogP contribution in [0.3, 0.4) is 0 Å². The number of esters is 1. The van der Waals surface area contributed by atoms with Gasteiger partial charge in [-0.2, -0.15) is 0 Å². The highest BCUT2D eigenvalue weighted by Gasteiger charge is 2.15. The normalized spacial score (nSPS) is 18.9. The molecule has 18 heavy (non-hydrogen) atoms. The van der Waals surface area contributed by atoms with Crippen LogP contribution in [0.1, 0.15) is 26.7 Å². The minimum atomic E-state index is -0.192. The van der Waals surface area contributed by atoms with Gasteiger partial charge < -0.3 is 9.64 Å². The number of hydrogen-bond donors (Lipinski definition) is 0. The Morgan fingerprint density at radius 3 is 2.28 bits per heavy atom. The van der Waals surface area contributed by atoms with Crippen LogP contribution in [0, 0.1) is 0 Å². The molecule has 0 spiro atoms. The number of carbonyl (C=O) groups is 1. The lowest BCUT2D eigenvalue weighted by molar-refractivity contribution is -0.136. The highest BCUT2D eigenvalue weighted by molar-refractivity contribution is 5.88. The topological polar surface area (TPSA) is 32.8 Å². The molecule has 0 unspecified atom stereocenters. The van der Waals surface area contributed by atoms with E-state index >= 15 is 0 Å². The maximum atomic E-state index is 11.4. The number of ether oxygens (including phenoxy) is 1. The van der Waals surface area contributed by atoms with E-state index in [0.717, 1.165) is 44.7 Å². The third-order valence-corrected chi connectivity index (χ3v) is 3.43. The lowest BCUT2D eigenvalue weighted by Gasteiger charge is -2.34. The Morgan fingerprint density at radius 1 is 1.17 bits per heavy atom. The van der Waals surface area contributed by atoms with Gasteiger partial charge in [-0.15, -0.1) is 0 Å². The first-order valence-electron chi connectivity index (χ1n) is 6.93. The van der Waals surface area contributed by atoms with Crippen LogP contribution in [0.2, 0.25) is 0 Å². The zero-order valence-corrected chi connectivity index (χ0v) is 11.9. The predicted molar refractivity (Wildman–Crippen MR) is 73.6 cm³/mol. The molecule has 0 aliphatic carbocycles. The Morgan fingerprint density at radius 2 is 1.78 bits per heavy atom. The Labute approximate surface area is 111 Å². The van der Waals surface area contributed by atoms with Crippen LogP contribution in [0.15, 0.2) is 11.6 Å². The van der Waals surface area contributed by atoms with E-state index < -0.39 is 0 Å². The van der Waals surface area contributed by atoms with Crippen molar-refractivity contribution in [2.45, 2.75) is 26.7 Å². The van der Waals surface area contributed by atoms with Crippen molar-refractivity contribution in [3.63, 3.8) is 0 Å². The van der Waals surface area contributed by atoms with Gasteiger partial charge in [0.25, 0.3) is 0 Å². The second-order valence-corrected chi connectivity index (χ2v) is 4.72. The van der Waals surface area contributed by atoms with E-state index in [2.05, 4.69) is 16.7 Å². The Bertz CT molecular complexity index is 282. The summed E-state index contributed by atoms with van der Waals surface area (Å²) < 4.78 is 4.76. The van der Waals surface area contributed by atoms with E-state index in [9.17, 15) is 4.79 Å². The second-order valence-electron chi connectivity index (χ2n) is 4.72. The molecule has 4 nitrogen and oxygen atoms in total. The molecule has 1 heterocycles. The van der Waals surface area contributed by atoms with Crippen LogP contribution < -0.4 is 0 Å². The van der Waals surface area contributed by atoms with Crippen LogP contribution in [0.25, 0.3) is 0 Å². The zero-order valence-electron chi connectivity index (χ0n) is 11.9. The SMILES string of the molecule is CCCN1CCN(C/C=C(/CC)C(=O)OC)CC1. The van der Waals surface area contributed by atoms with Crippen molar-refractivity contribution in [1.29, 1.82) is 0 Å². The number of methoxy groups -OCH3 is 1. The Balaban J connectivity index is 2.36.